The van der Waals surface area contributed by atoms with Crippen LogP contribution in [0.5, 0.6) is 0 Å². The van der Waals surface area contributed by atoms with Gasteiger partial charge in [0.1, 0.15) is 0 Å². The average molecular weight is 311 g/mol. The summed E-state index contributed by atoms with van der Waals surface area (Å²) >= 11 is 0. The van der Waals surface area contributed by atoms with Crippen molar-refractivity contribution < 1.29 is 18.3 Å². The molecule has 6 heteroatoms. The maximum atomic E-state index is 12.6. The van der Waals surface area contributed by atoms with Crippen LogP contribution in [0.3, 0.4) is 0 Å². The van der Waals surface area contributed by atoms with Gasteiger partial charge in [-0.1, -0.05) is 13.8 Å². The van der Waals surface area contributed by atoms with Crippen LogP contribution in [0.15, 0.2) is 29.2 Å². The molecule has 0 radical (unpaired) electrons. The third-order valence-electron chi connectivity index (χ3n) is 4.04. The Labute approximate surface area is 125 Å². The van der Waals surface area contributed by atoms with Gasteiger partial charge in [0.15, 0.2) is 0 Å². The number of sulfonamides is 1. The van der Waals surface area contributed by atoms with E-state index in [2.05, 4.69) is 13.8 Å². The lowest BCUT2D eigenvalue weighted by atomic mass is 9.85. The first-order valence-corrected chi connectivity index (χ1v) is 8.50. The van der Waals surface area contributed by atoms with Crippen molar-refractivity contribution in [1.82, 2.24) is 4.31 Å². The van der Waals surface area contributed by atoms with Gasteiger partial charge in [-0.3, -0.25) is 0 Å². The lowest BCUT2D eigenvalue weighted by Gasteiger charge is -2.23. The molecular weight excluding hydrogens is 290 g/mol. The summed E-state index contributed by atoms with van der Waals surface area (Å²) in [4.78, 5) is 11.0. The van der Waals surface area contributed by atoms with Gasteiger partial charge in [-0.05, 0) is 48.9 Å². The highest BCUT2D eigenvalue weighted by Crippen LogP contribution is 2.31. The molecule has 1 saturated heterocycles. The number of aromatic carboxylic acids is 1. The smallest absolute Gasteiger partial charge is 0.335 e. The molecule has 0 bridgehead atoms. The molecule has 1 heterocycles. The standard InChI is InChI=1S/C15H21NO4S/c1-15(2)8-3-10-16(11-9-15)21(19,20)13-6-4-12(5-7-13)14(17)18/h4-7H,3,8-11H2,1-2H3,(H,17,18). The van der Waals surface area contributed by atoms with Gasteiger partial charge in [0, 0.05) is 13.1 Å². The van der Waals surface area contributed by atoms with Crippen LogP contribution in [0.25, 0.3) is 0 Å². The van der Waals surface area contributed by atoms with Crippen LogP contribution in [0, 0.1) is 5.41 Å². The molecule has 1 fully saturated rings. The molecule has 0 amide bonds. The molecule has 116 valence electrons. The van der Waals surface area contributed by atoms with E-state index >= 15 is 0 Å². The fraction of sp³-hybridized carbons (Fsp3) is 0.533. The van der Waals surface area contributed by atoms with Gasteiger partial charge >= 0.3 is 5.97 Å². The summed E-state index contributed by atoms with van der Waals surface area (Å²) < 4.78 is 26.7. The van der Waals surface area contributed by atoms with Gasteiger partial charge < -0.3 is 5.11 Å². The summed E-state index contributed by atoms with van der Waals surface area (Å²) in [6.07, 6.45) is 2.69. The minimum atomic E-state index is -3.54. The molecule has 5 nitrogen and oxygen atoms in total. The van der Waals surface area contributed by atoms with E-state index in [1.165, 1.54) is 28.6 Å². The minimum Gasteiger partial charge on any atom is -0.478 e. The van der Waals surface area contributed by atoms with Crippen LogP contribution in [0.2, 0.25) is 0 Å². The van der Waals surface area contributed by atoms with Gasteiger partial charge in [0.05, 0.1) is 10.5 Å². The van der Waals surface area contributed by atoms with E-state index in [1.54, 1.807) is 0 Å². The predicted molar refractivity (Wildman–Crippen MR) is 79.8 cm³/mol. The Hall–Kier alpha value is -1.40. The number of carboxylic acid groups (broad SMARTS) is 1. The third-order valence-corrected chi connectivity index (χ3v) is 5.95. The van der Waals surface area contributed by atoms with Crippen molar-refractivity contribution in [3.05, 3.63) is 29.8 Å². The lowest BCUT2D eigenvalue weighted by molar-refractivity contribution is 0.0696. The number of hydrogen-bond acceptors (Lipinski definition) is 3. The monoisotopic (exact) mass is 311 g/mol. The van der Waals surface area contributed by atoms with Crippen molar-refractivity contribution in [1.29, 1.82) is 0 Å². The second-order valence-corrected chi connectivity index (χ2v) is 8.19. The quantitative estimate of drug-likeness (QED) is 0.931. The summed E-state index contributed by atoms with van der Waals surface area (Å²) in [7, 11) is -3.54. The average Bonchev–Trinajstić information content (AvgIpc) is 2.60. The molecule has 0 aliphatic carbocycles. The number of rotatable bonds is 3. The van der Waals surface area contributed by atoms with Crippen molar-refractivity contribution in [3.63, 3.8) is 0 Å². The molecule has 21 heavy (non-hydrogen) atoms. The molecule has 0 spiro atoms. The molecule has 0 aromatic heterocycles. The molecule has 0 saturated carbocycles. The molecule has 1 aliphatic heterocycles. The number of nitrogens with zero attached hydrogens (tertiary/aromatic N) is 1. The predicted octanol–water partition coefficient (Wildman–Crippen LogP) is 2.59. The Morgan fingerprint density at radius 3 is 2.33 bits per heavy atom. The van der Waals surface area contributed by atoms with Gasteiger partial charge in [0.2, 0.25) is 10.0 Å². The van der Waals surface area contributed by atoms with Crippen LogP contribution < -0.4 is 0 Å². The van der Waals surface area contributed by atoms with Gasteiger partial charge in [-0.25, -0.2) is 13.2 Å². The van der Waals surface area contributed by atoms with Gasteiger partial charge in [-0.15, -0.1) is 0 Å². The summed E-state index contributed by atoms with van der Waals surface area (Å²) in [5.74, 6) is -1.06. The van der Waals surface area contributed by atoms with Gasteiger partial charge in [0.25, 0.3) is 0 Å². The van der Waals surface area contributed by atoms with Crippen molar-refractivity contribution >= 4 is 16.0 Å². The van der Waals surface area contributed by atoms with Crippen LogP contribution in [-0.2, 0) is 10.0 Å². The number of carbonyl (C=O) groups is 1. The van der Waals surface area contributed by atoms with Crippen LogP contribution >= 0.6 is 0 Å². The zero-order valence-electron chi connectivity index (χ0n) is 12.4. The summed E-state index contributed by atoms with van der Waals surface area (Å²) in [6.45, 7) is 5.35. The molecular formula is C15H21NO4S. The molecule has 2 rings (SSSR count). The Morgan fingerprint density at radius 1 is 1.14 bits per heavy atom. The van der Waals surface area contributed by atoms with E-state index in [4.69, 9.17) is 5.11 Å². The molecule has 1 aromatic carbocycles. The Bertz CT molecular complexity index is 620. The fourth-order valence-electron chi connectivity index (χ4n) is 2.56. The van der Waals surface area contributed by atoms with E-state index in [0.717, 1.165) is 19.3 Å². The second-order valence-electron chi connectivity index (χ2n) is 6.25. The topological polar surface area (TPSA) is 74.7 Å². The van der Waals surface area contributed by atoms with Crippen LogP contribution in [0.4, 0.5) is 0 Å². The lowest BCUT2D eigenvalue weighted by Crippen LogP contribution is -2.32. The van der Waals surface area contributed by atoms with E-state index < -0.39 is 16.0 Å². The molecule has 0 unspecified atom stereocenters. The summed E-state index contributed by atoms with van der Waals surface area (Å²) in [5.41, 5.74) is 0.253. The first-order valence-electron chi connectivity index (χ1n) is 7.06. The number of carboxylic acids is 1. The Balaban J connectivity index is 2.23. The molecule has 0 atom stereocenters. The molecule has 1 aromatic rings. The highest BCUT2D eigenvalue weighted by molar-refractivity contribution is 7.89. The molecule has 1 aliphatic rings. The highest BCUT2D eigenvalue weighted by Gasteiger charge is 2.30. The molecule has 1 N–H and O–H groups in total. The largest absolute Gasteiger partial charge is 0.478 e. The fourth-order valence-corrected chi connectivity index (χ4v) is 4.04. The Morgan fingerprint density at radius 2 is 1.76 bits per heavy atom. The van der Waals surface area contributed by atoms with Crippen molar-refractivity contribution in [2.75, 3.05) is 13.1 Å². The van der Waals surface area contributed by atoms with Crippen molar-refractivity contribution in [3.8, 4) is 0 Å². The third kappa shape index (κ3) is 3.63. The number of hydrogen-bond donors (Lipinski definition) is 1. The van der Waals surface area contributed by atoms with Crippen molar-refractivity contribution in [2.24, 2.45) is 5.41 Å². The SMILES string of the molecule is CC1(C)CCCN(S(=O)(=O)c2ccc(C(=O)O)cc2)CC1. The normalized spacial score (nSPS) is 19.9. The van der Waals surface area contributed by atoms with Crippen LogP contribution in [-0.4, -0.2) is 36.9 Å². The maximum absolute atomic E-state index is 12.6. The zero-order chi connectivity index (χ0) is 15.7. The second kappa shape index (κ2) is 5.77. The minimum absolute atomic E-state index is 0.0888. The Kier molecular flexibility index (Phi) is 4.39. The van der Waals surface area contributed by atoms with E-state index in [-0.39, 0.29) is 15.9 Å². The number of benzene rings is 1. The van der Waals surface area contributed by atoms with E-state index in [1.807, 2.05) is 0 Å². The van der Waals surface area contributed by atoms with E-state index in [0.29, 0.717) is 13.1 Å². The highest BCUT2D eigenvalue weighted by atomic mass is 32.2. The first-order chi connectivity index (χ1) is 9.72. The van der Waals surface area contributed by atoms with Gasteiger partial charge in [-0.2, -0.15) is 4.31 Å². The maximum Gasteiger partial charge on any atom is 0.335 e. The van der Waals surface area contributed by atoms with Crippen molar-refractivity contribution in [2.45, 2.75) is 38.0 Å². The zero-order valence-corrected chi connectivity index (χ0v) is 13.2. The van der Waals surface area contributed by atoms with Crippen LogP contribution in [0.1, 0.15) is 43.5 Å². The first kappa shape index (κ1) is 16.0. The van der Waals surface area contributed by atoms with E-state index in [9.17, 15) is 13.2 Å². The summed E-state index contributed by atoms with van der Waals surface area (Å²) in [6, 6.07) is 5.40. The summed E-state index contributed by atoms with van der Waals surface area (Å²) in [5, 5.41) is 8.86.